The predicted molar refractivity (Wildman–Crippen MR) is 77.8 cm³/mol. The fourth-order valence-corrected chi connectivity index (χ4v) is 2.01. The Balaban J connectivity index is 2.86. The maximum Gasteiger partial charge on any atom is 0.326 e. The van der Waals surface area contributed by atoms with Gasteiger partial charge in [0, 0.05) is 11.5 Å². The van der Waals surface area contributed by atoms with E-state index in [2.05, 4.69) is 38.5 Å². The van der Waals surface area contributed by atoms with Crippen LogP contribution in [0.4, 0.5) is 10.5 Å². The fourth-order valence-electron chi connectivity index (χ4n) is 1.50. The van der Waals surface area contributed by atoms with Crippen molar-refractivity contribution in [2.75, 3.05) is 12.4 Å². The molecule has 5 nitrogen and oxygen atoms in total. The number of para-hydroxylation sites is 1. The summed E-state index contributed by atoms with van der Waals surface area (Å²) in [5.74, 6) is 0.0802. The third-order valence-electron chi connectivity index (χ3n) is 2.34. The van der Waals surface area contributed by atoms with Crippen molar-refractivity contribution in [3.05, 3.63) is 28.2 Å². The SMILES string of the molecule is CCCc1cccc(Br)c1NC(=O)NC(N)=NC. The molecule has 0 aromatic heterocycles. The lowest BCUT2D eigenvalue weighted by atomic mass is 10.1. The highest BCUT2D eigenvalue weighted by Crippen LogP contribution is 2.27. The lowest BCUT2D eigenvalue weighted by Gasteiger charge is -2.13. The number of carbonyl (C=O) groups excluding carboxylic acids is 1. The van der Waals surface area contributed by atoms with E-state index >= 15 is 0 Å². The molecule has 1 aromatic rings. The number of carbonyl (C=O) groups is 1. The summed E-state index contributed by atoms with van der Waals surface area (Å²) >= 11 is 3.42. The number of urea groups is 1. The van der Waals surface area contributed by atoms with Crippen LogP contribution in [-0.2, 0) is 6.42 Å². The number of nitrogens with one attached hydrogen (secondary N) is 2. The Morgan fingerprint density at radius 3 is 2.83 bits per heavy atom. The Morgan fingerprint density at radius 1 is 1.50 bits per heavy atom. The third kappa shape index (κ3) is 4.03. The van der Waals surface area contributed by atoms with Crippen LogP contribution in [-0.4, -0.2) is 19.0 Å². The van der Waals surface area contributed by atoms with Crippen LogP contribution in [0.2, 0.25) is 0 Å². The molecule has 0 fully saturated rings. The van der Waals surface area contributed by atoms with E-state index in [0.717, 1.165) is 28.6 Å². The van der Waals surface area contributed by atoms with Crippen molar-refractivity contribution in [3.63, 3.8) is 0 Å². The van der Waals surface area contributed by atoms with Crippen molar-refractivity contribution in [2.24, 2.45) is 10.7 Å². The van der Waals surface area contributed by atoms with Gasteiger partial charge in [0.05, 0.1) is 5.69 Å². The van der Waals surface area contributed by atoms with Gasteiger partial charge in [-0.1, -0.05) is 25.5 Å². The molecule has 0 aliphatic rings. The zero-order chi connectivity index (χ0) is 13.5. The average molecular weight is 313 g/mol. The fraction of sp³-hybridized carbons (Fsp3) is 0.333. The molecule has 18 heavy (non-hydrogen) atoms. The van der Waals surface area contributed by atoms with Gasteiger partial charge >= 0.3 is 6.03 Å². The lowest BCUT2D eigenvalue weighted by molar-refractivity contribution is 0.256. The minimum atomic E-state index is -0.401. The second-order valence-electron chi connectivity index (χ2n) is 3.71. The average Bonchev–Trinajstić information content (AvgIpc) is 2.33. The monoisotopic (exact) mass is 312 g/mol. The first-order chi connectivity index (χ1) is 8.58. The van der Waals surface area contributed by atoms with Crippen molar-refractivity contribution < 1.29 is 4.79 Å². The smallest absolute Gasteiger partial charge is 0.326 e. The summed E-state index contributed by atoms with van der Waals surface area (Å²) in [6.45, 7) is 2.09. The van der Waals surface area contributed by atoms with Gasteiger partial charge in [-0.2, -0.15) is 0 Å². The number of amides is 2. The second kappa shape index (κ2) is 7.00. The first-order valence-electron chi connectivity index (χ1n) is 5.66. The molecule has 0 spiro atoms. The maximum atomic E-state index is 11.7. The summed E-state index contributed by atoms with van der Waals surface area (Å²) in [6.07, 6.45) is 1.90. The highest BCUT2D eigenvalue weighted by atomic mass is 79.9. The summed E-state index contributed by atoms with van der Waals surface area (Å²) in [5, 5.41) is 5.20. The highest BCUT2D eigenvalue weighted by Gasteiger charge is 2.10. The van der Waals surface area contributed by atoms with Crippen LogP contribution >= 0.6 is 15.9 Å². The van der Waals surface area contributed by atoms with Crippen molar-refractivity contribution in [1.82, 2.24) is 5.32 Å². The number of aryl methyl sites for hydroxylation is 1. The first-order valence-corrected chi connectivity index (χ1v) is 6.45. The van der Waals surface area contributed by atoms with Gasteiger partial charge in [-0.15, -0.1) is 0 Å². The molecule has 0 unspecified atom stereocenters. The van der Waals surface area contributed by atoms with Crippen LogP contribution in [0.3, 0.4) is 0 Å². The number of hydrogen-bond acceptors (Lipinski definition) is 2. The molecular weight excluding hydrogens is 296 g/mol. The molecule has 1 rings (SSSR count). The number of halogens is 1. The second-order valence-corrected chi connectivity index (χ2v) is 4.57. The molecule has 0 atom stereocenters. The zero-order valence-electron chi connectivity index (χ0n) is 10.5. The van der Waals surface area contributed by atoms with Gasteiger partial charge < -0.3 is 11.1 Å². The summed E-state index contributed by atoms with van der Waals surface area (Å²) in [6, 6.07) is 5.41. The van der Waals surface area contributed by atoms with Gasteiger partial charge in [0.15, 0.2) is 5.96 Å². The van der Waals surface area contributed by atoms with Crippen LogP contribution in [0.25, 0.3) is 0 Å². The van der Waals surface area contributed by atoms with E-state index in [1.165, 1.54) is 7.05 Å². The molecule has 0 heterocycles. The Labute approximate surface area is 115 Å². The van der Waals surface area contributed by atoms with Crippen LogP contribution in [0.5, 0.6) is 0 Å². The Hall–Kier alpha value is -1.56. The van der Waals surface area contributed by atoms with E-state index in [4.69, 9.17) is 5.73 Å². The van der Waals surface area contributed by atoms with Gasteiger partial charge in [0.25, 0.3) is 0 Å². The number of nitrogens with two attached hydrogens (primary N) is 1. The molecule has 2 amide bonds. The zero-order valence-corrected chi connectivity index (χ0v) is 12.0. The van der Waals surface area contributed by atoms with Crippen molar-refractivity contribution in [1.29, 1.82) is 0 Å². The topological polar surface area (TPSA) is 79.5 Å². The van der Waals surface area contributed by atoms with E-state index in [-0.39, 0.29) is 5.96 Å². The molecular formula is C12H17BrN4O. The van der Waals surface area contributed by atoms with E-state index in [1.54, 1.807) is 0 Å². The highest BCUT2D eigenvalue weighted by molar-refractivity contribution is 9.10. The normalized spacial score (nSPS) is 11.2. The van der Waals surface area contributed by atoms with Crippen LogP contribution < -0.4 is 16.4 Å². The van der Waals surface area contributed by atoms with Crippen LogP contribution in [0.1, 0.15) is 18.9 Å². The molecule has 6 heteroatoms. The van der Waals surface area contributed by atoms with E-state index in [9.17, 15) is 4.79 Å². The number of aliphatic imine (C=N–C) groups is 1. The van der Waals surface area contributed by atoms with E-state index in [0.29, 0.717) is 0 Å². The summed E-state index contributed by atoms with van der Waals surface area (Å²) < 4.78 is 0.843. The van der Waals surface area contributed by atoms with Gasteiger partial charge in [-0.3, -0.25) is 10.3 Å². The van der Waals surface area contributed by atoms with Crippen molar-refractivity contribution in [3.8, 4) is 0 Å². The quantitative estimate of drug-likeness (QED) is 0.592. The molecule has 0 aliphatic heterocycles. The molecule has 0 saturated heterocycles. The largest absolute Gasteiger partial charge is 0.370 e. The number of nitrogens with zero attached hydrogens (tertiary/aromatic N) is 1. The molecule has 98 valence electrons. The molecule has 0 radical (unpaired) electrons. The Bertz CT molecular complexity index is 459. The standard InChI is InChI=1S/C12H17BrN4O/c1-3-5-8-6-4-7-9(13)10(8)16-12(18)17-11(14)15-2/h4,6-7H,3,5H2,1-2H3,(H4,14,15,16,17,18). The lowest BCUT2D eigenvalue weighted by Crippen LogP contribution is -2.39. The summed E-state index contributed by atoms with van der Waals surface area (Å²) in [5.41, 5.74) is 7.27. The molecule has 0 aliphatic carbocycles. The number of rotatable bonds is 3. The Morgan fingerprint density at radius 2 is 2.22 bits per heavy atom. The Kier molecular flexibility index (Phi) is 5.64. The maximum absolute atomic E-state index is 11.7. The first kappa shape index (κ1) is 14.5. The van der Waals surface area contributed by atoms with Crippen LogP contribution in [0.15, 0.2) is 27.7 Å². The predicted octanol–water partition coefficient (Wildman–Crippen LogP) is 2.47. The van der Waals surface area contributed by atoms with Gasteiger partial charge in [0.2, 0.25) is 0 Å². The molecule has 1 aromatic carbocycles. The van der Waals surface area contributed by atoms with Crippen LogP contribution in [0, 0.1) is 0 Å². The summed E-state index contributed by atoms with van der Waals surface area (Å²) in [7, 11) is 1.51. The third-order valence-corrected chi connectivity index (χ3v) is 3.00. The summed E-state index contributed by atoms with van der Waals surface area (Å²) in [4.78, 5) is 15.3. The molecule has 0 saturated carbocycles. The number of anilines is 1. The molecule has 0 bridgehead atoms. The molecule has 4 N–H and O–H groups in total. The van der Waals surface area contributed by atoms with Gasteiger partial charge in [0.1, 0.15) is 0 Å². The van der Waals surface area contributed by atoms with E-state index in [1.807, 2.05) is 18.2 Å². The number of guanidine groups is 1. The van der Waals surface area contributed by atoms with Crippen molar-refractivity contribution >= 4 is 33.6 Å². The van der Waals surface area contributed by atoms with Gasteiger partial charge in [-0.25, -0.2) is 4.79 Å². The van der Waals surface area contributed by atoms with Crippen molar-refractivity contribution in [2.45, 2.75) is 19.8 Å². The minimum absolute atomic E-state index is 0.0802. The minimum Gasteiger partial charge on any atom is -0.370 e. The number of benzene rings is 1. The van der Waals surface area contributed by atoms with E-state index < -0.39 is 6.03 Å². The number of hydrogen-bond donors (Lipinski definition) is 3. The van der Waals surface area contributed by atoms with Gasteiger partial charge in [-0.05, 0) is 34.0 Å².